The van der Waals surface area contributed by atoms with Gasteiger partial charge in [0.1, 0.15) is 12.4 Å². The average molecular weight is 365 g/mol. The van der Waals surface area contributed by atoms with E-state index in [-0.39, 0.29) is 5.91 Å². The number of aromatic nitrogens is 1. The van der Waals surface area contributed by atoms with E-state index in [0.717, 1.165) is 27.5 Å². The van der Waals surface area contributed by atoms with Crippen molar-refractivity contribution in [1.82, 2.24) is 10.3 Å². The van der Waals surface area contributed by atoms with E-state index >= 15 is 0 Å². The highest BCUT2D eigenvalue weighted by Gasteiger charge is 2.21. The Morgan fingerprint density at radius 2 is 2.14 bits per heavy atom. The molecule has 1 aromatic carbocycles. The van der Waals surface area contributed by atoms with Crippen LogP contribution in [-0.2, 0) is 4.79 Å². The second kappa shape index (κ2) is 7.09. The number of carbonyl (C=O) groups excluding carboxylic acids is 1. The Hall–Kier alpha value is -1.62. The van der Waals surface area contributed by atoms with Crippen LogP contribution < -0.4 is 10.1 Å². The molecule has 2 rings (SSSR count). The lowest BCUT2D eigenvalue weighted by Gasteiger charge is -2.26. The molecule has 22 heavy (non-hydrogen) atoms. The van der Waals surface area contributed by atoms with E-state index in [1.165, 1.54) is 0 Å². The third-order valence-electron chi connectivity index (χ3n) is 3.17. The molecular formula is C17H21BrN2O2. The number of fused-ring (bicyclic) bond motifs is 1. The van der Waals surface area contributed by atoms with Crippen molar-refractivity contribution >= 4 is 32.7 Å². The van der Waals surface area contributed by atoms with Crippen LogP contribution in [0.5, 0.6) is 5.75 Å². The van der Waals surface area contributed by atoms with Gasteiger partial charge < -0.3 is 10.1 Å². The Morgan fingerprint density at radius 1 is 1.36 bits per heavy atom. The molecule has 0 spiro atoms. The zero-order valence-electron chi connectivity index (χ0n) is 13.1. The summed E-state index contributed by atoms with van der Waals surface area (Å²) >= 11 is 3.42. The van der Waals surface area contributed by atoms with Gasteiger partial charge in [0.15, 0.2) is 0 Å². The van der Waals surface area contributed by atoms with Gasteiger partial charge in [0.05, 0.1) is 11.1 Å². The van der Waals surface area contributed by atoms with Crippen LogP contribution in [0.1, 0.15) is 33.6 Å². The lowest BCUT2D eigenvalue weighted by Crippen LogP contribution is -2.47. The van der Waals surface area contributed by atoms with Crippen molar-refractivity contribution in [2.45, 2.75) is 39.2 Å². The van der Waals surface area contributed by atoms with Gasteiger partial charge in [-0.05, 0) is 60.5 Å². The number of nitrogens with zero attached hydrogens (tertiary/aromatic N) is 1. The quantitative estimate of drug-likeness (QED) is 0.840. The van der Waals surface area contributed by atoms with E-state index in [2.05, 4.69) is 26.2 Å². The minimum atomic E-state index is -0.406. The predicted molar refractivity (Wildman–Crippen MR) is 92.1 cm³/mol. The number of nitrogens with one attached hydrogen (secondary N) is 1. The molecule has 1 aromatic heterocycles. The summed E-state index contributed by atoms with van der Waals surface area (Å²) in [6.07, 6.45) is 3.16. The van der Waals surface area contributed by atoms with Crippen LogP contribution in [0.25, 0.3) is 10.9 Å². The first kappa shape index (κ1) is 16.7. The molecule has 1 heterocycles. The molecule has 1 amide bonds. The molecule has 4 nitrogen and oxygen atoms in total. The maximum Gasteiger partial charge on any atom is 0.220 e. The first-order chi connectivity index (χ1) is 10.4. The van der Waals surface area contributed by atoms with E-state index in [0.29, 0.717) is 13.0 Å². The van der Waals surface area contributed by atoms with Gasteiger partial charge in [-0.15, -0.1) is 0 Å². The zero-order chi connectivity index (χ0) is 16.2. The van der Waals surface area contributed by atoms with Gasteiger partial charge in [-0.2, -0.15) is 0 Å². The molecule has 0 fully saturated rings. The van der Waals surface area contributed by atoms with E-state index in [9.17, 15) is 4.79 Å². The van der Waals surface area contributed by atoms with Gasteiger partial charge >= 0.3 is 0 Å². The van der Waals surface area contributed by atoms with Crippen LogP contribution in [0.2, 0.25) is 0 Å². The van der Waals surface area contributed by atoms with Crippen LogP contribution in [0.3, 0.4) is 0 Å². The number of hydrogen-bond donors (Lipinski definition) is 1. The van der Waals surface area contributed by atoms with Crippen molar-refractivity contribution in [3.8, 4) is 5.75 Å². The first-order valence-corrected chi connectivity index (χ1v) is 8.18. The van der Waals surface area contributed by atoms with Crippen molar-refractivity contribution in [2.75, 3.05) is 6.61 Å². The molecule has 2 aromatic rings. The monoisotopic (exact) mass is 364 g/mol. The predicted octanol–water partition coefficient (Wildman–Crippen LogP) is 4.07. The van der Waals surface area contributed by atoms with Gasteiger partial charge in [0.2, 0.25) is 5.91 Å². The standard InChI is InChI=1S/C17H21BrN2O2/c1-4-5-16(21)20-17(2,3)11-22-14-6-7-15-12(9-14)8-13(18)10-19-15/h6-10H,4-5,11H2,1-3H3,(H,20,21). The maximum absolute atomic E-state index is 11.7. The second-order valence-corrected chi connectivity index (χ2v) is 6.89. The lowest BCUT2D eigenvalue weighted by atomic mass is 10.1. The third-order valence-corrected chi connectivity index (χ3v) is 3.61. The van der Waals surface area contributed by atoms with E-state index < -0.39 is 5.54 Å². The Balaban J connectivity index is 2.02. The SMILES string of the molecule is CCCC(=O)NC(C)(C)COc1ccc2ncc(Br)cc2c1. The van der Waals surface area contributed by atoms with Crippen molar-refractivity contribution in [3.63, 3.8) is 0 Å². The topological polar surface area (TPSA) is 51.2 Å². The van der Waals surface area contributed by atoms with Crippen LogP contribution >= 0.6 is 15.9 Å². The molecule has 0 aliphatic carbocycles. The number of rotatable bonds is 6. The number of carbonyl (C=O) groups is 1. The Morgan fingerprint density at radius 3 is 2.86 bits per heavy atom. The summed E-state index contributed by atoms with van der Waals surface area (Å²) in [4.78, 5) is 16.0. The molecule has 0 saturated carbocycles. The summed E-state index contributed by atoms with van der Waals surface area (Å²) in [6, 6.07) is 7.79. The Labute approximate surface area is 139 Å². The molecule has 0 unspecified atom stereocenters. The smallest absolute Gasteiger partial charge is 0.220 e. The Bertz CT molecular complexity index is 671. The van der Waals surface area contributed by atoms with Gasteiger partial charge in [-0.1, -0.05) is 6.92 Å². The van der Waals surface area contributed by atoms with Gasteiger partial charge in [0, 0.05) is 22.5 Å². The summed E-state index contributed by atoms with van der Waals surface area (Å²) in [7, 11) is 0. The normalized spacial score (nSPS) is 11.5. The van der Waals surface area contributed by atoms with Crippen molar-refractivity contribution in [2.24, 2.45) is 0 Å². The highest BCUT2D eigenvalue weighted by atomic mass is 79.9. The summed E-state index contributed by atoms with van der Waals surface area (Å²) in [5.74, 6) is 0.827. The van der Waals surface area contributed by atoms with Gasteiger partial charge in [-0.3, -0.25) is 9.78 Å². The van der Waals surface area contributed by atoms with Crippen LogP contribution in [0.4, 0.5) is 0 Å². The van der Waals surface area contributed by atoms with Crippen LogP contribution in [0.15, 0.2) is 34.9 Å². The molecule has 0 aliphatic rings. The third kappa shape index (κ3) is 4.70. The maximum atomic E-state index is 11.7. The number of hydrogen-bond acceptors (Lipinski definition) is 3. The van der Waals surface area contributed by atoms with Crippen molar-refractivity contribution in [3.05, 3.63) is 34.9 Å². The number of benzene rings is 1. The first-order valence-electron chi connectivity index (χ1n) is 7.39. The number of pyridine rings is 1. The second-order valence-electron chi connectivity index (χ2n) is 5.98. The van der Waals surface area contributed by atoms with Gasteiger partial charge in [0.25, 0.3) is 0 Å². The summed E-state index contributed by atoms with van der Waals surface area (Å²) in [6.45, 7) is 6.32. The Kier molecular flexibility index (Phi) is 5.40. The molecule has 0 atom stereocenters. The minimum absolute atomic E-state index is 0.0581. The molecule has 0 bridgehead atoms. The minimum Gasteiger partial charge on any atom is -0.491 e. The van der Waals surface area contributed by atoms with Crippen LogP contribution in [0, 0.1) is 0 Å². The number of halogens is 1. The molecule has 118 valence electrons. The van der Waals surface area contributed by atoms with E-state index in [1.807, 2.05) is 45.0 Å². The highest BCUT2D eigenvalue weighted by molar-refractivity contribution is 9.10. The fourth-order valence-electron chi connectivity index (χ4n) is 2.14. The lowest BCUT2D eigenvalue weighted by molar-refractivity contribution is -0.123. The fourth-order valence-corrected chi connectivity index (χ4v) is 2.49. The molecule has 5 heteroatoms. The van der Waals surface area contributed by atoms with E-state index in [4.69, 9.17) is 4.74 Å². The van der Waals surface area contributed by atoms with Crippen molar-refractivity contribution in [1.29, 1.82) is 0 Å². The number of ether oxygens (including phenoxy) is 1. The molecule has 0 radical (unpaired) electrons. The average Bonchev–Trinajstić information content (AvgIpc) is 2.44. The molecule has 1 N–H and O–H groups in total. The molecule has 0 aliphatic heterocycles. The largest absolute Gasteiger partial charge is 0.491 e. The number of amides is 1. The molecular weight excluding hydrogens is 344 g/mol. The summed E-state index contributed by atoms with van der Waals surface area (Å²) in [5.41, 5.74) is 0.516. The fraction of sp³-hybridized carbons (Fsp3) is 0.412. The molecule has 0 saturated heterocycles. The van der Waals surface area contributed by atoms with Gasteiger partial charge in [-0.25, -0.2) is 0 Å². The van der Waals surface area contributed by atoms with Crippen molar-refractivity contribution < 1.29 is 9.53 Å². The van der Waals surface area contributed by atoms with Crippen LogP contribution in [-0.4, -0.2) is 23.0 Å². The zero-order valence-corrected chi connectivity index (χ0v) is 14.7. The summed E-state index contributed by atoms with van der Waals surface area (Å²) in [5, 5.41) is 4.00. The summed E-state index contributed by atoms with van der Waals surface area (Å²) < 4.78 is 6.77. The highest BCUT2D eigenvalue weighted by Crippen LogP contribution is 2.23. The van der Waals surface area contributed by atoms with E-state index in [1.54, 1.807) is 6.20 Å².